The molecule has 2 aliphatic rings. The van der Waals surface area contributed by atoms with Crippen molar-refractivity contribution in [3.8, 4) is 11.4 Å². The Kier molecular flexibility index (Phi) is 4.06. The Hall–Kier alpha value is -2.21. The van der Waals surface area contributed by atoms with E-state index in [4.69, 9.17) is 4.74 Å². The van der Waals surface area contributed by atoms with Gasteiger partial charge in [0, 0.05) is 5.56 Å². The van der Waals surface area contributed by atoms with Gasteiger partial charge in [-0.05, 0) is 19.3 Å². The second-order valence-electron chi connectivity index (χ2n) is 6.82. The molecule has 2 aromatic rings. The van der Waals surface area contributed by atoms with Crippen LogP contribution in [0, 0.1) is 0 Å². The molecule has 2 fully saturated rings. The Morgan fingerprint density at radius 3 is 2.88 bits per heavy atom. The zero-order valence-corrected chi connectivity index (χ0v) is 13.6. The number of aromatic nitrogens is 3. The van der Waals surface area contributed by atoms with E-state index in [1.165, 1.54) is 12.8 Å². The summed E-state index contributed by atoms with van der Waals surface area (Å²) in [5.41, 5.74) is 0.970. The van der Waals surface area contributed by atoms with Gasteiger partial charge in [-0.3, -0.25) is 9.89 Å². The van der Waals surface area contributed by atoms with Crippen LogP contribution in [0.4, 0.5) is 0 Å². The third-order valence-electron chi connectivity index (χ3n) is 4.98. The number of hydrogen-bond donors (Lipinski definition) is 2. The van der Waals surface area contributed by atoms with Crippen LogP contribution in [0.15, 0.2) is 30.3 Å². The zero-order chi connectivity index (χ0) is 16.4. The minimum absolute atomic E-state index is 0.0324. The highest BCUT2D eigenvalue weighted by Gasteiger charge is 2.42. The molecule has 0 unspecified atom stereocenters. The van der Waals surface area contributed by atoms with Crippen molar-refractivity contribution >= 4 is 5.91 Å². The van der Waals surface area contributed by atoms with Crippen LogP contribution in [0.1, 0.15) is 37.9 Å². The number of amides is 1. The molecule has 2 heterocycles. The molecule has 6 nitrogen and oxygen atoms in total. The van der Waals surface area contributed by atoms with Gasteiger partial charge in [0.15, 0.2) is 5.82 Å². The molecule has 1 aliphatic heterocycles. The minimum Gasteiger partial charge on any atom is -0.373 e. The highest BCUT2D eigenvalue weighted by atomic mass is 16.5. The summed E-state index contributed by atoms with van der Waals surface area (Å²) in [5, 5.41) is 10.1. The summed E-state index contributed by atoms with van der Waals surface area (Å²) in [5.74, 6) is 1.17. The van der Waals surface area contributed by atoms with Crippen molar-refractivity contribution in [2.24, 2.45) is 0 Å². The van der Waals surface area contributed by atoms with Crippen molar-refractivity contribution in [1.82, 2.24) is 20.5 Å². The van der Waals surface area contributed by atoms with E-state index in [-0.39, 0.29) is 24.0 Å². The molecular weight excluding hydrogens is 304 g/mol. The number of ether oxygens (including phenoxy) is 1. The number of carbonyl (C=O) groups excluding carboxylic acids is 1. The van der Waals surface area contributed by atoms with Gasteiger partial charge in [0.2, 0.25) is 5.91 Å². The number of nitrogens with one attached hydrogen (secondary N) is 2. The predicted octanol–water partition coefficient (Wildman–Crippen LogP) is 2.23. The summed E-state index contributed by atoms with van der Waals surface area (Å²) in [6, 6.07) is 9.85. The van der Waals surface area contributed by atoms with Crippen LogP contribution in [0.5, 0.6) is 0 Å². The summed E-state index contributed by atoms with van der Waals surface area (Å²) in [4.78, 5) is 16.7. The molecule has 1 aromatic carbocycles. The van der Waals surface area contributed by atoms with E-state index >= 15 is 0 Å². The molecule has 1 spiro atoms. The number of aromatic amines is 1. The van der Waals surface area contributed by atoms with Crippen molar-refractivity contribution in [3.63, 3.8) is 0 Å². The molecule has 0 radical (unpaired) electrons. The first-order valence-corrected chi connectivity index (χ1v) is 8.62. The average molecular weight is 326 g/mol. The molecule has 4 rings (SSSR count). The third kappa shape index (κ3) is 3.19. The number of benzene rings is 1. The average Bonchev–Trinajstić information content (AvgIpc) is 3.32. The standard InChI is InChI=1S/C18H22N4O2/c23-16(19-14-11-18(24-12-14)8-4-5-9-18)10-15-20-17(22-21-15)13-6-2-1-3-7-13/h1-3,6-7,14H,4-5,8-12H2,(H,19,23)(H,20,21,22)/t14-/m1/s1. The van der Waals surface area contributed by atoms with E-state index in [1.807, 2.05) is 30.3 Å². The Labute approximate surface area is 141 Å². The summed E-state index contributed by atoms with van der Waals surface area (Å²) >= 11 is 0. The fourth-order valence-corrected chi connectivity index (χ4v) is 3.83. The van der Waals surface area contributed by atoms with Crippen LogP contribution in [0.3, 0.4) is 0 Å². The Morgan fingerprint density at radius 2 is 2.08 bits per heavy atom. The summed E-state index contributed by atoms with van der Waals surface area (Å²) in [6.07, 6.45) is 5.87. The number of hydrogen-bond acceptors (Lipinski definition) is 4. The van der Waals surface area contributed by atoms with Gasteiger partial charge in [0.1, 0.15) is 5.82 Å². The maximum atomic E-state index is 12.3. The van der Waals surface area contributed by atoms with Crippen molar-refractivity contribution in [1.29, 1.82) is 0 Å². The van der Waals surface area contributed by atoms with E-state index in [0.29, 0.717) is 18.3 Å². The van der Waals surface area contributed by atoms with E-state index in [0.717, 1.165) is 24.8 Å². The first-order chi connectivity index (χ1) is 11.7. The van der Waals surface area contributed by atoms with Crippen LogP contribution in [0.25, 0.3) is 11.4 Å². The Morgan fingerprint density at radius 1 is 1.29 bits per heavy atom. The topological polar surface area (TPSA) is 79.9 Å². The lowest BCUT2D eigenvalue weighted by Gasteiger charge is -2.21. The molecule has 1 aromatic heterocycles. The van der Waals surface area contributed by atoms with Gasteiger partial charge in [-0.15, -0.1) is 0 Å². The van der Waals surface area contributed by atoms with Crippen LogP contribution < -0.4 is 5.32 Å². The summed E-state index contributed by atoms with van der Waals surface area (Å²) in [6.45, 7) is 0.622. The maximum Gasteiger partial charge on any atom is 0.227 e. The lowest BCUT2D eigenvalue weighted by Crippen LogP contribution is -2.37. The molecule has 1 aliphatic carbocycles. The molecule has 1 atom stereocenters. The molecule has 1 saturated carbocycles. The predicted molar refractivity (Wildman–Crippen MR) is 89.2 cm³/mol. The Balaban J connectivity index is 1.33. The monoisotopic (exact) mass is 326 g/mol. The van der Waals surface area contributed by atoms with Gasteiger partial charge >= 0.3 is 0 Å². The van der Waals surface area contributed by atoms with Gasteiger partial charge in [-0.25, -0.2) is 4.98 Å². The first kappa shape index (κ1) is 15.3. The van der Waals surface area contributed by atoms with E-state index in [2.05, 4.69) is 20.5 Å². The van der Waals surface area contributed by atoms with Gasteiger partial charge in [0.25, 0.3) is 0 Å². The van der Waals surface area contributed by atoms with Crippen LogP contribution in [-0.2, 0) is 16.0 Å². The Bertz CT molecular complexity index is 707. The maximum absolute atomic E-state index is 12.3. The van der Waals surface area contributed by atoms with Crippen molar-refractivity contribution in [3.05, 3.63) is 36.2 Å². The summed E-state index contributed by atoms with van der Waals surface area (Å²) in [7, 11) is 0. The molecule has 2 N–H and O–H groups in total. The van der Waals surface area contributed by atoms with Crippen molar-refractivity contribution in [2.75, 3.05) is 6.61 Å². The zero-order valence-electron chi connectivity index (χ0n) is 13.6. The van der Waals surface area contributed by atoms with Gasteiger partial charge < -0.3 is 10.1 Å². The highest BCUT2D eigenvalue weighted by molar-refractivity contribution is 5.78. The molecule has 1 amide bonds. The van der Waals surface area contributed by atoms with Gasteiger partial charge in [-0.1, -0.05) is 43.2 Å². The molecule has 0 bridgehead atoms. The normalized spacial score (nSPS) is 22.1. The van der Waals surface area contributed by atoms with E-state index in [9.17, 15) is 4.79 Å². The quantitative estimate of drug-likeness (QED) is 0.903. The van der Waals surface area contributed by atoms with Gasteiger partial charge in [0.05, 0.1) is 24.7 Å². The van der Waals surface area contributed by atoms with Crippen molar-refractivity contribution < 1.29 is 9.53 Å². The number of carbonyl (C=O) groups is 1. The molecular formula is C18H22N4O2. The largest absolute Gasteiger partial charge is 0.373 e. The summed E-state index contributed by atoms with van der Waals surface area (Å²) < 4.78 is 5.98. The third-order valence-corrected chi connectivity index (χ3v) is 4.98. The van der Waals surface area contributed by atoms with Crippen molar-refractivity contribution in [2.45, 2.75) is 50.2 Å². The fourth-order valence-electron chi connectivity index (χ4n) is 3.83. The second-order valence-corrected chi connectivity index (χ2v) is 6.82. The SMILES string of the molecule is O=C(Cc1nc(-c2ccccc2)n[nH]1)N[C@H]1COC2(CCCC2)C1. The van der Waals surface area contributed by atoms with Crippen LogP contribution in [0.2, 0.25) is 0 Å². The number of nitrogens with zero attached hydrogens (tertiary/aromatic N) is 2. The molecule has 6 heteroatoms. The molecule has 1 saturated heterocycles. The van der Waals surface area contributed by atoms with Gasteiger partial charge in [-0.2, -0.15) is 5.10 Å². The number of rotatable bonds is 4. The fraction of sp³-hybridized carbons (Fsp3) is 0.500. The molecule has 126 valence electrons. The lowest BCUT2D eigenvalue weighted by atomic mass is 9.96. The molecule has 24 heavy (non-hydrogen) atoms. The van der Waals surface area contributed by atoms with Crippen LogP contribution in [-0.4, -0.2) is 39.3 Å². The second kappa shape index (κ2) is 6.36. The highest BCUT2D eigenvalue weighted by Crippen LogP contribution is 2.40. The van der Waals surface area contributed by atoms with E-state index < -0.39 is 0 Å². The number of H-pyrrole nitrogens is 1. The smallest absolute Gasteiger partial charge is 0.227 e. The van der Waals surface area contributed by atoms with Crippen LogP contribution >= 0.6 is 0 Å². The first-order valence-electron chi connectivity index (χ1n) is 8.62. The van der Waals surface area contributed by atoms with E-state index in [1.54, 1.807) is 0 Å². The minimum atomic E-state index is -0.0330. The lowest BCUT2D eigenvalue weighted by molar-refractivity contribution is -0.121.